The van der Waals surface area contributed by atoms with Gasteiger partial charge in [-0.1, -0.05) is 6.07 Å². The highest BCUT2D eigenvalue weighted by atomic mass is 19.1. The number of carbonyl (C=O) groups is 1. The molecule has 0 radical (unpaired) electrons. The van der Waals surface area contributed by atoms with Gasteiger partial charge in [0.2, 0.25) is 5.82 Å². The number of esters is 1. The van der Waals surface area contributed by atoms with Crippen molar-refractivity contribution in [1.29, 1.82) is 5.26 Å². The molecular formula is C18H20FN7O2. The van der Waals surface area contributed by atoms with E-state index in [1.54, 1.807) is 19.1 Å². The van der Waals surface area contributed by atoms with Crippen LogP contribution in [-0.4, -0.2) is 46.3 Å². The number of H-pyrrole nitrogens is 1. The smallest absolute Gasteiger partial charge is 0.309 e. The van der Waals surface area contributed by atoms with Crippen LogP contribution in [0.25, 0.3) is 5.57 Å². The van der Waals surface area contributed by atoms with E-state index in [0.717, 1.165) is 0 Å². The average molecular weight is 385 g/mol. The second kappa shape index (κ2) is 8.94. The maximum absolute atomic E-state index is 14.5. The van der Waals surface area contributed by atoms with Crippen LogP contribution in [0.4, 0.5) is 15.8 Å². The molecule has 1 aromatic heterocycles. The van der Waals surface area contributed by atoms with E-state index in [1.807, 2.05) is 11.0 Å². The van der Waals surface area contributed by atoms with Gasteiger partial charge in [0, 0.05) is 19.3 Å². The van der Waals surface area contributed by atoms with E-state index >= 15 is 0 Å². The summed E-state index contributed by atoms with van der Waals surface area (Å²) in [5.41, 5.74) is 1.02. The first-order valence-electron chi connectivity index (χ1n) is 8.94. The van der Waals surface area contributed by atoms with E-state index in [2.05, 4.69) is 25.9 Å². The molecule has 2 N–H and O–H groups in total. The lowest BCUT2D eigenvalue weighted by Crippen LogP contribution is -2.37. The number of benzene rings is 1. The minimum atomic E-state index is -0.452. The molecule has 0 bridgehead atoms. The fraction of sp³-hybridized carbons (Fsp3) is 0.389. The standard InChI is InChI=1S/C18H20FN7O2/c1-2-28-18(27)12-6-8-26(9-7-12)15-5-3-4-14(19)16(15)21-11-13(10-20)17-22-24-25-23-17/h3-5,11-12,21H,2,6-9H2,1H3,(H,22,23,24,25). The third kappa shape index (κ3) is 4.25. The summed E-state index contributed by atoms with van der Waals surface area (Å²) in [5, 5.41) is 25.3. The Balaban J connectivity index is 1.76. The van der Waals surface area contributed by atoms with Crippen molar-refractivity contribution in [3.8, 4) is 6.07 Å². The number of hydrogen-bond donors (Lipinski definition) is 2. The molecule has 0 atom stereocenters. The van der Waals surface area contributed by atoms with Gasteiger partial charge in [-0.05, 0) is 37.1 Å². The number of allylic oxidation sites excluding steroid dienone is 1. The molecule has 1 saturated heterocycles. The Kier molecular flexibility index (Phi) is 6.16. The number of aromatic nitrogens is 4. The summed E-state index contributed by atoms with van der Waals surface area (Å²) in [6, 6.07) is 6.71. The van der Waals surface area contributed by atoms with Crippen LogP contribution in [0.2, 0.25) is 0 Å². The van der Waals surface area contributed by atoms with Gasteiger partial charge in [-0.15, -0.1) is 10.2 Å². The predicted molar refractivity (Wildman–Crippen MR) is 99.4 cm³/mol. The van der Waals surface area contributed by atoms with E-state index < -0.39 is 5.82 Å². The van der Waals surface area contributed by atoms with Crippen molar-refractivity contribution in [2.45, 2.75) is 19.8 Å². The highest BCUT2D eigenvalue weighted by Gasteiger charge is 2.27. The van der Waals surface area contributed by atoms with Gasteiger partial charge >= 0.3 is 5.97 Å². The molecule has 2 heterocycles. The normalized spacial score (nSPS) is 15.2. The minimum Gasteiger partial charge on any atom is -0.466 e. The monoisotopic (exact) mass is 385 g/mol. The van der Waals surface area contributed by atoms with Crippen molar-refractivity contribution in [1.82, 2.24) is 20.6 Å². The summed E-state index contributed by atoms with van der Waals surface area (Å²) in [5.74, 6) is -0.652. The van der Waals surface area contributed by atoms with Crippen molar-refractivity contribution in [2.24, 2.45) is 5.92 Å². The van der Waals surface area contributed by atoms with Gasteiger partial charge < -0.3 is 15.0 Å². The molecule has 0 amide bonds. The van der Waals surface area contributed by atoms with E-state index in [-0.39, 0.29) is 29.0 Å². The molecule has 2 aromatic rings. The zero-order valence-electron chi connectivity index (χ0n) is 15.4. The van der Waals surface area contributed by atoms with Crippen LogP contribution < -0.4 is 10.2 Å². The number of tetrazole rings is 1. The summed E-state index contributed by atoms with van der Waals surface area (Å²) in [7, 11) is 0. The molecule has 0 spiro atoms. The molecule has 1 fully saturated rings. The molecule has 9 nitrogen and oxygen atoms in total. The van der Waals surface area contributed by atoms with Crippen LogP contribution in [0.3, 0.4) is 0 Å². The van der Waals surface area contributed by atoms with Crippen molar-refractivity contribution < 1.29 is 13.9 Å². The first-order valence-corrected chi connectivity index (χ1v) is 8.94. The molecule has 0 aliphatic carbocycles. The second-order valence-corrected chi connectivity index (χ2v) is 6.20. The first-order chi connectivity index (χ1) is 13.6. The lowest BCUT2D eigenvalue weighted by Gasteiger charge is -2.33. The summed E-state index contributed by atoms with van der Waals surface area (Å²) in [6.45, 7) is 3.35. The Morgan fingerprint density at radius 3 is 2.93 bits per heavy atom. The fourth-order valence-corrected chi connectivity index (χ4v) is 3.10. The Labute approximate surface area is 161 Å². The number of para-hydroxylation sites is 1. The van der Waals surface area contributed by atoms with Gasteiger partial charge in [0.05, 0.1) is 23.9 Å². The van der Waals surface area contributed by atoms with Crippen LogP contribution in [-0.2, 0) is 9.53 Å². The van der Waals surface area contributed by atoms with Crippen LogP contribution in [0.5, 0.6) is 0 Å². The highest BCUT2D eigenvalue weighted by molar-refractivity contribution is 5.78. The Hall–Kier alpha value is -3.48. The average Bonchev–Trinajstić information content (AvgIpc) is 3.24. The number of nitrogens with one attached hydrogen (secondary N) is 2. The Morgan fingerprint density at radius 2 is 2.29 bits per heavy atom. The maximum Gasteiger partial charge on any atom is 0.309 e. The molecule has 1 aliphatic heterocycles. The number of piperidine rings is 1. The lowest BCUT2D eigenvalue weighted by molar-refractivity contribution is -0.148. The van der Waals surface area contributed by atoms with Crippen molar-refractivity contribution in [3.63, 3.8) is 0 Å². The zero-order valence-corrected chi connectivity index (χ0v) is 15.4. The van der Waals surface area contributed by atoms with Crippen LogP contribution in [0.15, 0.2) is 24.4 Å². The van der Waals surface area contributed by atoms with E-state index in [4.69, 9.17) is 4.74 Å². The topological polar surface area (TPSA) is 120 Å². The minimum absolute atomic E-state index is 0.114. The van der Waals surface area contributed by atoms with Crippen molar-refractivity contribution in [2.75, 3.05) is 29.9 Å². The Morgan fingerprint density at radius 1 is 1.50 bits per heavy atom. The van der Waals surface area contributed by atoms with Crippen LogP contribution >= 0.6 is 0 Å². The van der Waals surface area contributed by atoms with Crippen molar-refractivity contribution in [3.05, 3.63) is 36.0 Å². The molecule has 10 heteroatoms. The fourth-order valence-electron chi connectivity index (χ4n) is 3.10. The number of nitrogens with zero attached hydrogens (tertiary/aromatic N) is 5. The number of anilines is 2. The molecule has 1 aromatic carbocycles. The molecule has 0 saturated carbocycles. The summed E-state index contributed by atoms with van der Waals surface area (Å²) < 4.78 is 19.6. The van der Waals surface area contributed by atoms with E-state index in [1.165, 1.54) is 12.3 Å². The molecule has 0 unspecified atom stereocenters. The molecule has 28 heavy (non-hydrogen) atoms. The number of hydrogen-bond acceptors (Lipinski definition) is 8. The number of carbonyl (C=O) groups excluding carboxylic acids is 1. The van der Waals surface area contributed by atoms with Gasteiger partial charge in [0.15, 0.2) is 0 Å². The summed E-state index contributed by atoms with van der Waals surface area (Å²) in [4.78, 5) is 13.9. The van der Waals surface area contributed by atoms with E-state index in [9.17, 15) is 14.4 Å². The predicted octanol–water partition coefficient (Wildman–Crippen LogP) is 2.09. The van der Waals surface area contributed by atoms with E-state index in [0.29, 0.717) is 38.2 Å². The molecule has 3 rings (SSSR count). The van der Waals surface area contributed by atoms with Gasteiger partial charge in [-0.2, -0.15) is 10.5 Å². The quantitative estimate of drug-likeness (QED) is 0.573. The SMILES string of the molecule is CCOC(=O)C1CCN(c2cccc(F)c2NC=C(C#N)c2nn[nH]n2)CC1. The molecular weight excluding hydrogens is 365 g/mol. The van der Waals surface area contributed by atoms with Gasteiger partial charge in [-0.3, -0.25) is 4.79 Å². The number of halogens is 1. The largest absolute Gasteiger partial charge is 0.466 e. The van der Waals surface area contributed by atoms with Gasteiger partial charge in [0.1, 0.15) is 17.5 Å². The number of nitriles is 1. The third-order valence-corrected chi connectivity index (χ3v) is 4.51. The Bertz CT molecular complexity index is 884. The first kappa shape index (κ1) is 19.3. The third-order valence-electron chi connectivity index (χ3n) is 4.51. The van der Waals surface area contributed by atoms with Gasteiger partial charge in [-0.25, -0.2) is 4.39 Å². The number of ether oxygens (including phenoxy) is 1. The number of aromatic amines is 1. The second-order valence-electron chi connectivity index (χ2n) is 6.20. The molecule has 1 aliphatic rings. The zero-order chi connectivity index (χ0) is 19.9. The van der Waals surface area contributed by atoms with Crippen LogP contribution in [0.1, 0.15) is 25.6 Å². The summed E-state index contributed by atoms with van der Waals surface area (Å²) in [6.07, 6.45) is 2.62. The maximum atomic E-state index is 14.5. The van der Waals surface area contributed by atoms with Gasteiger partial charge in [0.25, 0.3) is 0 Å². The highest BCUT2D eigenvalue weighted by Crippen LogP contribution is 2.32. The summed E-state index contributed by atoms with van der Waals surface area (Å²) >= 11 is 0. The van der Waals surface area contributed by atoms with Crippen molar-refractivity contribution >= 4 is 22.9 Å². The van der Waals surface area contributed by atoms with Crippen LogP contribution in [0, 0.1) is 23.1 Å². The lowest BCUT2D eigenvalue weighted by atomic mass is 9.96. The number of rotatable bonds is 6. The molecule has 146 valence electrons.